The molecule has 1 amide bonds. The highest BCUT2D eigenvalue weighted by atomic mass is 32.2. The third kappa shape index (κ3) is 5.54. The van der Waals surface area contributed by atoms with E-state index in [1.165, 1.54) is 19.2 Å². The summed E-state index contributed by atoms with van der Waals surface area (Å²) in [5.74, 6) is -0.493. The van der Waals surface area contributed by atoms with E-state index in [0.717, 1.165) is 0 Å². The molecular formula is C19H22N2O6S. The predicted octanol–water partition coefficient (Wildman–Crippen LogP) is 2.10. The number of methoxy groups -OCH3 is 1. The van der Waals surface area contributed by atoms with Gasteiger partial charge in [-0.2, -0.15) is 0 Å². The third-order valence-electron chi connectivity index (χ3n) is 3.79. The number of hydrogen-bond donors (Lipinski definition) is 2. The Labute approximate surface area is 163 Å². The standard InChI is InChI=1S/C19H22N2O6S/c1-4-20-28(24,25)16-10-5-13(2)17(11-16)19(23)21-14-6-8-15(9-7-14)27-12-18(22)26-3/h5-11,20H,4,12H2,1-3H3,(H,21,23). The average molecular weight is 406 g/mol. The number of ether oxygens (including phenoxy) is 2. The van der Waals surface area contributed by atoms with Crippen LogP contribution in [-0.2, 0) is 19.6 Å². The van der Waals surface area contributed by atoms with Gasteiger partial charge in [-0.1, -0.05) is 13.0 Å². The lowest BCUT2D eigenvalue weighted by Crippen LogP contribution is -2.24. The summed E-state index contributed by atoms with van der Waals surface area (Å²) in [5.41, 5.74) is 1.39. The fraction of sp³-hybridized carbons (Fsp3) is 0.263. The van der Waals surface area contributed by atoms with Gasteiger partial charge in [0.25, 0.3) is 5.91 Å². The number of carbonyl (C=O) groups excluding carboxylic acids is 2. The van der Waals surface area contributed by atoms with Crippen LogP contribution in [0.1, 0.15) is 22.8 Å². The van der Waals surface area contributed by atoms with Crippen molar-refractivity contribution in [1.29, 1.82) is 0 Å². The molecule has 0 unspecified atom stereocenters. The number of sulfonamides is 1. The van der Waals surface area contributed by atoms with Crippen molar-refractivity contribution in [3.63, 3.8) is 0 Å². The number of amides is 1. The van der Waals surface area contributed by atoms with Crippen LogP contribution in [0.4, 0.5) is 5.69 Å². The number of rotatable bonds is 8. The summed E-state index contributed by atoms with van der Waals surface area (Å²) in [5, 5.41) is 2.71. The lowest BCUT2D eigenvalue weighted by molar-refractivity contribution is -0.142. The Morgan fingerprint density at radius 2 is 1.75 bits per heavy atom. The Hall–Kier alpha value is -2.91. The molecule has 2 aromatic carbocycles. The maximum Gasteiger partial charge on any atom is 0.343 e. The van der Waals surface area contributed by atoms with Gasteiger partial charge in [-0.05, 0) is 48.9 Å². The second-order valence-electron chi connectivity index (χ2n) is 5.82. The van der Waals surface area contributed by atoms with E-state index in [0.29, 0.717) is 17.0 Å². The predicted molar refractivity (Wildman–Crippen MR) is 104 cm³/mol. The quantitative estimate of drug-likeness (QED) is 0.650. The summed E-state index contributed by atoms with van der Waals surface area (Å²) in [7, 11) is -2.39. The van der Waals surface area contributed by atoms with Gasteiger partial charge in [0.1, 0.15) is 5.75 Å². The largest absolute Gasteiger partial charge is 0.482 e. The fourth-order valence-electron chi connectivity index (χ4n) is 2.32. The first-order valence-electron chi connectivity index (χ1n) is 8.48. The topological polar surface area (TPSA) is 111 Å². The first-order valence-corrected chi connectivity index (χ1v) is 9.96. The first kappa shape index (κ1) is 21.4. The number of aryl methyl sites for hydroxylation is 1. The molecular weight excluding hydrogens is 384 g/mol. The molecule has 9 heteroatoms. The maximum absolute atomic E-state index is 12.6. The van der Waals surface area contributed by atoms with Crippen LogP contribution in [0, 0.1) is 6.92 Å². The molecule has 0 spiro atoms. The number of esters is 1. The zero-order valence-corrected chi connectivity index (χ0v) is 16.6. The molecule has 0 bridgehead atoms. The number of nitrogens with one attached hydrogen (secondary N) is 2. The van der Waals surface area contributed by atoms with Crippen molar-refractivity contribution in [2.75, 3.05) is 25.6 Å². The van der Waals surface area contributed by atoms with E-state index in [2.05, 4.69) is 14.8 Å². The number of carbonyl (C=O) groups is 2. The highest BCUT2D eigenvalue weighted by Crippen LogP contribution is 2.19. The zero-order valence-electron chi connectivity index (χ0n) is 15.8. The van der Waals surface area contributed by atoms with E-state index in [9.17, 15) is 18.0 Å². The normalized spacial score (nSPS) is 11.0. The molecule has 0 heterocycles. The molecule has 0 saturated carbocycles. The van der Waals surface area contributed by atoms with Crippen LogP contribution >= 0.6 is 0 Å². The molecule has 0 aromatic heterocycles. The van der Waals surface area contributed by atoms with Crippen molar-refractivity contribution >= 4 is 27.6 Å². The lowest BCUT2D eigenvalue weighted by Gasteiger charge is -2.11. The zero-order chi connectivity index (χ0) is 20.7. The van der Waals surface area contributed by atoms with Crippen molar-refractivity contribution in [3.05, 3.63) is 53.6 Å². The van der Waals surface area contributed by atoms with Crippen LogP contribution in [0.15, 0.2) is 47.4 Å². The van der Waals surface area contributed by atoms with Crippen molar-refractivity contribution in [1.82, 2.24) is 4.72 Å². The summed E-state index contributed by atoms with van der Waals surface area (Å²) in [4.78, 5) is 23.7. The molecule has 0 atom stereocenters. The molecule has 0 fully saturated rings. The molecule has 8 nitrogen and oxygen atoms in total. The van der Waals surface area contributed by atoms with Gasteiger partial charge in [-0.15, -0.1) is 0 Å². The van der Waals surface area contributed by atoms with Crippen molar-refractivity contribution < 1.29 is 27.5 Å². The Balaban J connectivity index is 2.13. The highest BCUT2D eigenvalue weighted by Gasteiger charge is 2.17. The van der Waals surface area contributed by atoms with Crippen molar-refractivity contribution in [2.24, 2.45) is 0 Å². The first-order chi connectivity index (χ1) is 13.3. The van der Waals surface area contributed by atoms with Gasteiger partial charge in [0.15, 0.2) is 6.61 Å². The molecule has 2 aromatic rings. The summed E-state index contributed by atoms with van der Waals surface area (Å²) in [6.45, 7) is 3.44. The molecule has 0 aliphatic rings. The summed E-state index contributed by atoms with van der Waals surface area (Å²) >= 11 is 0. The van der Waals surface area contributed by atoms with Gasteiger partial charge < -0.3 is 14.8 Å². The van der Waals surface area contributed by atoms with E-state index < -0.39 is 21.9 Å². The molecule has 2 rings (SSSR count). The minimum absolute atomic E-state index is 0.0247. The molecule has 0 aliphatic carbocycles. The fourth-order valence-corrected chi connectivity index (χ4v) is 3.39. The Kier molecular flexibility index (Phi) is 7.13. The Morgan fingerprint density at radius 1 is 1.07 bits per heavy atom. The average Bonchev–Trinajstić information content (AvgIpc) is 2.67. The SMILES string of the molecule is CCNS(=O)(=O)c1ccc(C)c(C(=O)Nc2ccc(OCC(=O)OC)cc2)c1. The second-order valence-corrected chi connectivity index (χ2v) is 7.59. The van der Waals surface area contributed by atoms with E-state index in [4.69, 9.17) is 4.74 Å². The van der Waals surface area contributed by atoms with Gasteiger partial charge in [0.05, 0.1) is 12.0 Å². The van der Waals surface area contributed by atoms with Crippen LogP contribution in [-0.4, -0.2) is 40.6 Å². The summed E-state index contributed by atoms with van der Waals surface area (Å²) in [6.07, 6.45) is 0. The monoisotopic (exact) mass is 406 g/mol. The second kappa shape index (κ2) is 9.34. The van der Waals surface area contributed by atoms with Crippen LogP contribution in [0.5, 0.6) is 5.75 Å². The summed E-state index contributed by atoms with van der Waals surface area (Å²) in [6, 6.07) is 10.8. The number of anilines is 1. The van der Waals surface area contributed by atoms with Crippen LogP contribution in [0.3, 0.4) is 0 Å². The van der Waals surface area contributed by atoms with Crippen molar-refractivity contribution in [3.8, 4) is 5.75 Å². The van der Waals surface area contributed by atoms with Gasteiger partial charge in [0, 0.05) is 17.8 Å². The van der Waals surface area contributed by atoms with Crippen LogP contribution < -0.4 is 14.8 Å². The number of hydrogen-bond acceptors (Lipinski definition) is 6. The van der Waals surface area contributed by atoms with Crippen molar-refractivity contribution in [2.45, 2.75) is 18.7 Å². The molecule has 28 heavy (non-hydrogen) atoms. The minimum atomic E-state index is -3.66. The molecule has 0 aliphatic heterocycles. The third-order valence-corrected chi connectivity index (χ3v) is 5.34. The van der Waals surface area contributed by atoms with Gasteiger partial charge in [-0.25, -0.2) is 17.9 Å². The van der Waals surface area contributed by atoms with E-state index in [1.807, 2.05) is 0 Å². The van der Waals surface area contributed by atoms with Gasteiger partial charge >= 0.3 is 5.97 Å². The Bertz CT molecular complexity index is 955. The lowest BCUT2D eigenvalue weighted by atomic mass is 10.1. The highest BCUT2D eigenvalue weighted by molar-refractivity contribution is 7.89. The smallest absolute Gasteiger partial charge is 0.343 e. The molecule has 0 saturated heterocycles. The minimum Gasteiger partial charge on any atom is -0.482 e. The molecule has 150 valence electrons. The maximum atomic E-state index is 12.6. The Morgan fingerprint density at radius 3 is 2.36 bits per heavy atom. The summed E-state index contributed by atoms with van der Waals surface area (Å²) < 4.78 is 36.4. The van der Waals surface area contributed by atoms with Crippen LogP contribution in [0.2, 0.25) is 0 Å². The van der Waals surface area contributed by atoms with E-state index in [1.54, 1.807) is 44.2 Å². The van der Waals surface area contributed by atoms with E-state index >= 15 is 0 Å². The number of benzene rings is 2. The van der Waals surface area contributed by atoms with Crippen LogP contribution in [0.25, 0.3) is 0 Å². The molecule has 2 N–H and O–H groups in total. The van der Waals surface area contributed by atoms with Gasteiger partial charge in [0.2, 0.25) is 10.0 Å². The molecule has 0 radical (unpaired) electrons. The van der Waals surface area contributed by atoms with E-state index in [-0.39, 0.29) is 23.6 Å². The van der Waals surface area contributed by atoms with Gasteiger partial charge in [-0.3, -0.25) is 4.79 Å².